The van der Waals surface area contributed by atoms with Gasteiger partial charge in [-0.25, -0.2) is 0 Å². The van der Waals surface area contributed by atoms with Gasteiger partial charge in [0.1, 0.15) is 5.75 Å². The van der Waals surface area contributed by atoms with Crippen molar-refractivity contribution in [2.45, 2.75) is 39.0 Å². The first-order valence-electron chi connectivity index (χ1n) is 13.1. The number of rotatable bonds is 7. The molecule has 7 nitrogen and oxygen atoms in total. The monoisotopic (exact) mass is 510 g/mol. The molecule has 1 fully saturated rings. The summed E-state index contributed by atoms with van der Waals surface area (Å²) in [5.41, 5.74) is 7.23. The molecule has 7 heteroatoms. The number of aromatic nitrogens is 2. The number of piperidine rings is 1. The Balaban J connectivity index is 1.24. The minimum atomic E-state index is -0.0341. The van der Waals surface area contributed by atoms with Crippen molar-refractivity contribution in [2.75, 3.05) is 32.6 Å². The van der Waals surface area contributed by atoms with Crippen molar-refractivity contribution in [2.24, 2.45) is 0 Å². The highest BCUT2D eigenvalue weighted by Crippen LogP contribution is 2.36. The first-order chi connectivity index (χ1) is 18.4. The average Bonchev–Trinajstić information content (AvgIpc) is 3.36. The van der Waals surface area contributed by atoms with Crippen molar-refractivity contribution >= 4 is 11.6 Å². The zero-order chi connectivity index (χ0) is 26.6. The number of hydrogen-bond acceptors (Lipinski definition) is 6. The van der Waals surface area contributed by atoms with Gasteiger partial charge in [-0.05, 0) is 97.9 Å². The van der Waals surface area contributed by atoms with Crippen molar-refractivity contribution in [3.63, 3.8) is 0 Å². The molecule has 4 aromatic rings. The molecule has 0 radical (unpaired) electrons. The number of nitrogens with one attached hydrogen (secondary N) is 1. The highest BCUT2D eigenvalue weighted by Gasteiger charge is 2.22. The predicted molar refractivity (Wildman–Crippen MR) is 149 cm³/mol. The fraction of sp³-hybridized carbons (Fsp3) is 0.323. The number of carbonyl (C=O) groups excluding carboxylic acids is 1. The van der Waals surface area contributed by atoms with Crippen molar-refractivity contribution in [3.8, 4) is 28.3 Å². The summed E-state index contributed by atoms with van der Waals surface area (Å²) < 4.78 is 10.7. The summed E-state index contributed by atoms with van der Waals surface area (Å²) >= 11 is 0. The van der Waals surface area contributed by atoms with Gasteiger partial charge in [-0.15, -0.1) is 0 Å². The van der Waals surface area contributed by atoms with Crippen LogP contribution in [-0.4, -0.2) is 48.2 Å². The zero-order valence-corrected chi connectivity index (χ0v) is 22.5. The maximum absolute atomic E-state index is 12.9. The second-order valence-electron chi connectivity index (χ2n) is 10.1. The van der Waals surface area contributed by atoms with Crippen LogP contribution in [0.3, 0.4) is 0 Å². The van der Waals surface area contributed by atoms with E-state index < -0.39 is 0 Å². The molecule has 0 atom stereocenters. The molecule has 1 aromatic heterocycles. The Bertz CT molecular complexity index is 1420. The largest absolute Gasteiger partial charge is 0.496 e. The maximum Gasteiger partial charge on any atom is 0.228 e. The molecule has 0 unspecified atom stereocenters. The molecule has 1 N–H and O–H groups in total. The van der Waals surface area contributed by atoms with Crippen LogP contribution in [-0.2, 0) is 11.2 Å². The Morgan fingerprint density at radius 2 is 1.76 bits per heavy atom. The lowest BCUT2D eigenvalue weighted by Crippen LogP contribution is -2.29. The molecule has 38 heavy (non-hydrogen) atoms. The summed E-state index contributed by atoms with van der Waals surface area (Å²) in [6, 6.07) is 20.3. The fourth-order valence-electron chi connectivity index (χ4n) is 5.19. The fourth-order valence-corrected chi connectivity index (χ4v) is 5.19. The smallest absolute Gasteiger partial charge is 0.228 e. The Labute approximate surface area is 223 Å². The topological polar surface area (TPSA) is 80.5 Å². The molecule has 2 heterocycles. The number of likely N-dealkylation sites (tertiary alicyclic amines) is 1. The molecule has 196 valence electrons. The Morgan fingerprint density at radius 1 is 1.03 bits per heavy atom. The van der Waals surface area contributed by atoms with Gasteiger partial charge in [-0.3, -0.25) is 4.79 Å². The van der Waals surface area contributed by atoms with E-state index in [-0.39, 0.29) is 5.91 Å². The van der Waals surface area contributed by atoms with Crippen LogP contribution in [0.15, 0.2) is 65.2 Å². The lowest BCUT2D eigenvalue weighted by Gasteiger charge is -2.30. The molecule has 1 amide bonds. The molecule has 1 saturated heterocycles. The van der Waals surface area contributed by atoms with E-state index in [2.05, 4.69) is 64.7 Å². The number of carbonyl (C=O) groups is 1. The van der Waals surface area contributed by atoms with Crippen LogP contribution in [0.5, 0.6) is 5.75 Å². The van der Waals surface area contributed by atoms with Gasteiger partial charge in [0.15, 0.2) is 0 Å². The minimum absolute atomic E-state index is 0.0341. The van der Waals surface area contributed by atoms with Crippen LogP contribution in [0.25, 0.3) is 22.5 Å². The van der Waals surface area contributed by atoms with Gasteiger partial charge in [0.25, 0.3) is 0 Å². The Kier molecular flexibility index (Phi) is 7.56. The number of benzene rings is 3. The van der Waals surface area contributed by atoms with Gasteiger partial charge in [0, 0.05) is 18.2 Å². The summed E-state index contributed by atoms with van der Waals surface area (Å²) in [5.74, 6) is 2.44. The molecule has 0 bridgehead atoms. The third-order valence-electron chi connectivity index (χ3n) is 7.31. The normalized spacial score (nSPS) is 14.4. The number of aryl methyl sites for hydroxylation is 2. The third kappa shape index (κ3) is 5.78. The van der Waals surface area contributed by atoms with E-state index in [1.54, 1.807) is 14.0 Å². The Hall–Kier alpha value is -3.97. The van der Waals surface area contributed by atoms with Gasteiger partial charge in [0.2, 0.25) is 17.6 Å². The highest BCUT2D eigenvalue weighted by atomic mass is 16.5. The number of nitrogens with zero attached hydrogens (tertiary/aromatic N) is 3. The van der Waals surface area contributed by atoms with Crippen LogP contribution >= 0.6 is 0 Å². The van der Waals surface area contributed by atoms with E-state index in [4.69, 9.17) is 9.26 Å². The standard InChI is InChI=1S/C31H34N4O3/c1-20-17-25(31-32-21(2)38-34-31)9-11-27(20)23-7-5-22(6-8-23)18-30(36)33-26-10-12-29(37-4)28(19-26)24-13-15-35(3)16-14-24/h5-12,17,19,24H,13-16,18H2,1-4H3,(H,33,36). The molecule has 5 rings (SSSR count). The lowest BCUT2D eigenvalue weighted by atomic mass is 9.88. The molecule has 0 spiro atoms. The van der Waals surface area contributed by atoms with E-state index >= 15 is 0 Å². The molecule has 3 aromatic carbocycles. The lowest BCUT2D eigenvalue weighted by molar-refractivity contribution is -0.115. The van der Waals surface area contributed by atoms with E-state index in [0.717, 1.165) is 65.2 Å². The molecular formula is C31H34N4O3. The van der Waals surface area contributed by atoms with Crippen molar-refractivity contribution in [1.29, 1.82) is 0 Å². The Morgan fingerprint density at radius 3 is 2.42 bits per heavy atom. The van der Waals surface area contributed by atoms with Gasteiger partial charge >= 0.3 is 0 Å². The number of ether oxygens (including phenoxy) is 1. The second-order valence-corrected chi connectivity index (χ2v) is 10.1. The van der Waals surface area contributed by atoms with Crippen LogP contribution in [0, 0.1) is 13.8 Å². The number of methoxy groups -OCH3 is 1. The molecule has 1 aliphatic heterocycles. The van der Waals surface area contributed by atoms with E-state index in [1.165, 1.54) is 5.56 Å². The first kappa shape index (κ1) is 25.7. The van der Waals surface area contributed by atoms with Gasteiger partial charge in [-0.2, -0.15) is 4.98 Å². The van der Waals surface area contributed by atoms with Gasteiger partial charge in [0.05, 0.1) is 13.5 Å². The average molecular weight is 511 g/mol. The second kappa shape index (κ2) is 11.2. The number of amides is 1. The van der Waals surface area contributed by atoms with Gasteiger partial charge in [-0.1, -0.05) is 41.6 Å². The highest BCUT2D eigenvalue weighted by molar-refractivity contribution is 5.92. The number of hydrogen-bond donors (Lipinski definition) is 1. The van der Waals surface area contributed by atoms with E-state index in [1.807, 2.05) is 30.3 Å². The molecule has 0 saturated carbocycles. The van der Waals surface area contributed by atoms with E-state index in [0.29, 0.717) is 24.1 Å². The molecule has 0 aliphatic carbocycles. The molecule has 1 aliphatic rings. The SMILES string of the molecule is COc1ccc(NC(=O)Cc2ccc(-c3ccc(-c4noc(C)n4)cc3C)cc2)cc1C1CCN(C)CC1. The van der Waals surface area contributed by atoms with Crippen LogP contribution < -0.4 is 10.1 Å². The van der Waals surface area contributed by atoms with Crippen LogP contribution in [0.1, 0.15) is 41.3 Å². The number of anilines is 1. The zero-order valence-electron chi connectivity index (χ0n) is 22.5. The van der Waals surface area contributed by atoms with Crippen molar-refractivity contribution < 1.29 is 14.1 Å². The predicted octanol–water partition coefficient (Wildman–Crippen LogP) is 6.02. The van der Waals surface area contributed by atoms with E-state index in [9.17, 15) is 4.79 Å². The summed E-state index contributed by atoms with van der Waals surface area (Å²) in [6.07, 6.45) is 2.50. The van der Waals surface area contributed by atoms with Crippen molar-refractivity contribution in [1.82, 2.24) is 15.0 Å². The summed E-state index contributed by atoms with van der Waals surface area (Å²) in [5, 5.41) is 7.09. The third-order valence-corrected chi connectivity index (χ3v) is 7.31. The summed E-state index contributed by atoms with van der Waals surface area (Å²) in [7, 11) is 3.87. The maximum atomic E-state index is 12.9. The van der Waals surface area contributed by atoms with Crippen molar-refractivity contribution in [3.05, 3.63) is 83.2 Å². The summed E-state index contributed by atoms with van der Waals surface area (Å²) in [4.78, 5) is 19.5. The summed E-state index contributed by atoms with van der Waals surface area (Å²) in [6.45, 7) is 6.00. The first-order valence-corrected chi connectivity index (χ1v) is 13.1. The van der Waals surface area contributed by atoms with Crippen LogP contribution in [0.2, 0.25) is 0 Å². The quantitative estimate of drug-likeness (QED) is 0.328. The van der Waals surface area contributed by atoms with Crippen LogP contribution in [0.4, 0.5) is 5.69 Å². The molecular weight excluding hydrogens is 476 g/mol. The van der Waals surface area contributed by atoms with Gasteiger partial charge < -0.3 is 19.5 Å². The minimum Gasteiger partial charge on any atom is -0.496 e.